The maximum Gasteiger partial charge on any atom is 0.310 e. The van der Waals surface area contributed by atoms with E-state index in [1.165, 1.54) is 7.11 Å². The Bertz CT molecular complexity index is 738. The lowest BCUT2D eigenvalue weighted by atomic mass is 9.99. The zero-order chi connectivity index (χ0) is 21.5. The third kappa shape index (κ3) is 6.68. The number of aromatic nitrogens is 1. The van der Waals surface area contributed by atoms with E-state index < -0.39 is 0 Å². The standard InChI is InChI=1S/C22H36N6O2.HI/c1-5-23-22(28-15-17(3)19(16-28)21(29)30-4)25-14-18-7-8-24-20(13-18)27-11-9-26(6-2)10-12-27;/h7-8,13,17,19H,5-6,9-12,14-16H2,1-4H3,(H,23,25);1H. The number of pyridine rings is 1. The van der Waals surface area contributed by atoms with E-state index in [0.29, 0.717) is 13.1 Å². The second kappa shape index (κ2) is 12.4. The number of rotatable bonds is 6. The van der Waals surface area contributed by atoms with E-state index in [-0.39, 0.29) is 41.8 Å². The molecule has 2 unspecified atom stereocenters. The van der Waals surface area contributed by atoms with E-state index >= 15 is 0 Å². The van der Waals surface area contributed by atoms with E-state index in [0.717, 1.165) is 63.2 Å². The lowest BCUT2D eigenvalue weighted by molar-refractivity contribution is -0.145. The fourth-order valence-electron chi connectivity index (χ4n) is 4.21. The van der Waals surface area contributed by atoms with Crippen LogP contribution < -0.4 is 10.2 Å². The number of piperazine rings is 1. The number of likely N-dealkylation sites (N-methyl/N-ethyl adjacent to an activating group) is 1. The van der Waals surface area contributed by atoms with Crippen molar-refractivity contribution in [3.63, 3.8) is 0 Å². The number of ether oxygens (including phenoxy) is 1. The highest BCUT2D eigenvalue weighted by Gasteiger charge is 2.36. The number of carbonyl (C=O) groups excluding carboxylic acids is 1. The molecule has 174 valence electrons. The summed E-state index contributed by atoms with van der Waals surface area (Å²) in [6.45, 7) is 14.5. The van der Waals surface area contributed by atoms with E-state index in [1.807, 2.05) is 12.3 Å². The molecule has 0 aromatic carbocycles. The van der Waals surface area contributed by atoms with Crippen molar-refractivity contribution in [1.82, 2.24) is 20.1 Å². The van der Waals surface area contributed by atoms with Gasteiger partial charge in [-0.05, 0) is 37.1 Å². The van der Waals surface area contributed by atoms with Gasteiger partial charge in [0.1, 0.15) is 5.82 Å². The summed E-state index contributed by atoms with van der Waals surface area (Å²) >= 11 is 0. The molecule has 31 heavy (non-hydrogen) atoms. The Hall–Kier alpha value is -1.62. The molecule has 2 aliphatic heterocycles. The predicted octanol–water partition coefficient (Wildman–Crippen LogP) is 2.05. The van der Waals surface area contributed by atoms with Gasteiger partial charge in [-0.3, -0.25) is 4.79 Å². The van der Waals surface area contributed by atoms with Crippen LogP contribution in [0.15, 0.2) is 23.3 Å². The van der Waals surface area contributed by atoms with Gasteiger partial charge in [0.05, 0.1) is 19.6 Å². The smallest absolute Gasteiger partial charge is 0.310 e. The highest BCUT2D eigenvalue weighted by Crippen LogP contribution is 2.24. The molecular weight excluding hydrogens is 507 g/mol. The molecule has 1 aromatic rings. The SMILES string of the molecule is CCNC(=NCc1ccnc(N2CCN(CC)CC2)c1)N1CC(C)C(C(=O)OC)C1.I. The monoisotopic (exact) mass is 544 g/mol. The van der Waals surface area contributed by atoms with Gasteiger partial charge in [-0.1, -0.05) is 13.8 Å². The zero-order valence-electron chi connectivity index (χ0n) is 19.2. The first-order valence-corrected chi connectivity index (χ1v) is 11.1. The van der Waals surface area contributed by atoms with Crippen LogP contribution in [0, 0.1) is 11.8 Å². The number of hydrogen-bond acceptors (Lipinski definition) is 6. The summed E-state index contributed by atoms with van der Waals surface area (Å²) < 4.78 is 4.97. The van der Waals surface area contributed by atoms with Crippen LogP contribution in [0.1, 0.15) is 26.3 Å². The second-order valence-corrected chi connectivity index (χ2v) is 8.13. The van der Waals surface area contributed by atoms with Crippen LogP contribution in [-0.2, 0) is 16.1 Å². The van der Waals surface area contributed by atoms with Crippen molar-refractivity contribution < 1.29 is 9.53 Å². The zero-order valence-corrected chi connectivity index (χ0v) is 21.5. The number of carbonyl (C=O) groups is 1. The largest absolute Gasteiger partial charge is 0.469 e. The summed E-state index contributed by atoms with van der Waals surface area (Å²) in [6.07, 6.45) is 1.88. The third-order valence-corrected chi connectivity index (χ3v) is 6.12. The lowest BCUT2D eigenvalue weighted by Crippen LogP contribution is -2.46. The van der Waals surface area contributed by atoms with E-state index in [2.05, 4.69) is 51.8 Å². The molecule has 9 heteroatoms. The topological polar surface area (TPSA) is 73.3 Å². The van der Waals surface area contributed by atoms with E-state index in [9.17, 15) is 4.79 Å². The lowest BCUT2D eigenvalue weighted by Gasteiger charge is -2.34. The summed E-state index contributed by atoms with van der Waals surface area (Å²) in [7, 11) is 1.46. The maximum atomic E-state index is 12.0. The summed E-state index contributed by atoms with van der Waals surface area (Å²) in [5.41, 5.74) is 1.14. The molecule has 0 spiro atoms. The van der Waals surface area contributed by atoms with Gasteiger partial charge >= 0.3 is 5.97 Å². The van der Waals surface area contributed by atoms with Crippen molar-refractivity contribution in [1.29, 1.82) is 0 Å². The van der Waals surface area contributed by atoms with Crippen LogP contribution in [0.4, 0.5) is 5.82 Å². The molecular formula is C22H37IN6O2. The normalized spacial score (nSPS) is 22.3. The van der Waals surface area contributed by atoms with Crippen LogP contribution in [0.3, 0.4) is 0 Å². The number of esters is 1. The number of nitrogens with zero attached hydrogens (tertiary/aromatic N) is 5. The van der Waals surface area contributed by atoms with Gasteiger partial charge in [-0.2, -0.15) is 0 Å². The first-order chi connectivity index (χ1) is 14.5. The Morgan fingerprint density at radius 1 is 1.26 bits per heavy atom. The number of guanidine groups is 1. The highest BCUT2D eigenvalue weighted by atomic mass is 127. The minimum atomic E-state index is -0.136. The molecule has 1 aromatic heterocycles. The van der Waals surface area contributed by atoms with Gasteiger partial charge in [0.2, 0.25) is 0 Å². The van der Waals surface area contributed by atoms with E-state index in [4.69, 9.17) is 9.73 Å². The van der Waals surface area contributed by atoms with Crippen molar-refractivity contribution in [3.05, 3.63) is 23.9 Å². The van der Waals surface area contributed by atoms with Crippen LogP contribution in [0.2, 0.25) is 0 Å². The molecule has 0 aliphatic carbocycles. The van der Waals surface area contributed by atoms with Crippen molar-refractivity contribution in [2.24, 2.45) is 16.8 Å². The van der Waals surface area contributed by atoms with Gasteiger partial charge in [-0.25, -0.2) is 9.98 Å². The molecule has 0 radical (unpaired) electrons. The molecule has 0 saturated carbocycles. The number of halogens is 1. The van der Waals surface area contributed by atoms with E-state index in [1.54, 1.807) is 0 Å². The average Bonchev–Trinajstić information content (AvgIpc) is 3.17. The fourth-order valence-corrected chi connectivity index (χ4v) is 4.21. The highest BCUT2D eigenvalue weighted by molar-refractivity contribution is 14.0. The Labute approximate surface area is 203 Å². The number of likely N-dealkylation sites (tertiary alicyclic amines) is 1. The molecule has 3 heterocycles. The van der Waals surface area contributed by atoms with Crippen molar-refractivity contribution in [2.75, 3.05) is 64.4 Å². The van der Waals surface area contributed by atoms with Gasteiger partial charge in [0.15, 0.2) is 5.96 Å². The molecule has 2 aliphatic rings. The van der Waals surface area contributed by atoms with Crippen molar-refractivity contribution in [3.8, 4) is 0 Å². The van der Waals surface area contributed by atoms with Crippen LogP contribution >= 0.6 is 24.0 Å². The second-order valence-electron chi connectivity index (χ2n) is 8.13. The molecule has 2 atom stereocenters. The number of aliphatic imine (C=N–C) groups is 1. The molecule has 8 nitrogen and oxygen atoms in total. The Morgan fingerprint density at radius 2 is 2.00 bits per heavy atom. The summed E-state index contributed by atoms with van der Waals surface area (Å²) in [5.74, 6) is 1.89. The van der Waals surface area contributed by atoms with Gasteiger partial charge in [0, 0.05) is 52.0 Å². The van der Waals surface area contributed by atoms with Crippen LogP contribution in [-0.4, -0.2) is 86.2 Å². The quantitative estimate of drug-likeness (QED) is 0.255. The summed E-state index contributed by atoms with van der Waals surface area (Å²) in [4.78, 5) is 28.5. The van der Waals surface area contributed by atoms with Crippen molar-refractivity contribution in [2.45, 2.75) is 27.3 Å². The molecule has 0 bridgehead atoms. The Balaban J connectivity index is 0.00000341. The molecule has 1 N–H and O–H groups in total. The Kier molecular flexibility index (Phi) is 10.3. The van der Waals surface area contributed by atoms with Crippen molar-refractivity contribution >= 4 is 41.7 Å². The van der Waals surface area contributed by atoms with Crippen LogP contribution in [0.25, 0.3) is 0 Å². The first kappa shape index (κ1) is 25.6. The fraction of sp³-hybridized carbons (Fsp3) is 0.682. The molecule has 2 fully saturated rings. The maximum absolute atomic E-state index is 12.0. The molecule has 3 rings (SSSR count). The van der Waals surface area contributed by atoms with Gasteiger partial charge in [-0.15, -0.1) is 24.0 Å². The molecule has 0 amide bonds. The summed E-state index contributed by atoms with van der Waals surface area (Å²) in [6, 6.07) is 4.18. The third-order valence-electron chi connectivity index (χ3n) is 6.12. The number of methoxy groups -OCH3 is 1. The predicted molar refractivity (Wildman–Crippen MR) is 135 cm³/mol. The average molecular weight is 544 g/mol. The van der Waals surface area contributed by atoms with Gasteiger partial charge in [0.25, 0.3) is 0 Å². The first-order valence-electron chi connectivity index (χ1n) is 11.1. The minimum Gasteiger partial charge on any atom is -0.469 e. The molecule has 2 saturated heterocycles. The summed E-state index contributed by atoms with van der Waals surface area (Å²) in [5, 5.41) is 3.37. The Morgan fingerprint density at radius 3 is 2.65 bits per heavy atom. The number of nitrogens with one attached hydrogen (secondary N) is 1. The number of hydrogen-bond donors (Lipinski definition) is 1. The number of anilines is 1. The van der Waals surface area contributed by atoms with Crippen LogP contribution in [0.5, 0.6) is 0 Å². The minimum absolute atomic E-state index is 0. The van der Waals surface area contributed by atoms with Gasteiger partial charge < -0.3 is 24.8 Å².